The monoisotopic (exact) mass is 847 g/mol. The largest absolute Gasteiger partial charge is 0.481 e. The first-order valence-corrected chi connectivity index (χ1v) is 21.5. The molecule has 2 aromatic rings. The van der Waals surface area contributed by atoms with Crippen LogP contribution in [0.3, 0.4) is 0 Å². The Labute approximate surface area is 358 Å². The van der Waals surface area contributed by atoms with Crippen LogP contribution in [-0.4, -0.2) is 127 Å². The van der Waals surface area contributed by atoms with Gasteiger partial charge in [-0.25, -0.2) is 9.59 Å². The fourth-order valence-electron chi connectivity index (χ4n) is 7.64. The first-order valence-electron chi connectivity index (χ1n) is 21.5. The molecule has 17 heteroatoms. The van der Waals surface area contributed by atoms with Gasteiger partial charge in [-0.05, 0) is 74.8 Å². The summed E-state index contributed by atoms with van der Waals surface area (Å²) in [5.41, 5.74) is 7.97. The molecule has 9 N–H and O–H groups in total. The van der Waals surface area contributed by atoms with Crippen molar-refractivity contribution in [3.05, 3.63) is 71.8 Å². The summed E-state index contributed by atoms with van der Waals surface area (Å²) in [4.78, 5) is 95.1. The zero-order valence-electron chi connectivity index (χ0n) is 35.7. The van der Waals surface area contributed by atoms with Gasteiger partial charge in [-0.3, -0.25) is 24.0 Å². The molecule has 0 saturated carbocycles. The van der Waals surface area contributed by atoms with Crippen molar-refractivity contribution in [1.82, 2.24) is 41.7 Å². The summed E-state index contributed by atoms with van der Waals surface area (Å²) in [5, 5.41) is 26.2. The molecule has 2 aliphatic heterocycles. The number of carbonyl (C=O) groups excluding carboxylic acids is 6. The SMILES string of the molecule is CNC(=O)NC1CCN(C(=O)[C@@H](CCCCNC(=O)N2CCC(C(=O)O)CC2)NC(=O)[C@@H](CC(C)C)NC(=O)[C@@H](Cc2ccccc2)NC(=O)[C@H](N)Cc2ccccc2)CC1. The molecule has 2 aromatic carbocycles. The number of likely N-dealkylation sites (tertiary alicyclic amines) is 2. The summed E-state index contributed by atoms with van der Waals surface area (Å²) in [5.74, 6) is -3.24. The number of aliphatic carboxylic acids is 1. The second-order valence-corrected chi connectivity index (χ2v) is 16.4. The number of amides is 8. The van der Waals surface area contributed by atoms with E-state index in [0.717, 1.165) is 11.1 Å². The second kappa shape index (κ2) is 24.5. The minimum atomic E-state index is -1.06. The highest BCUT2D eigenvalue weighted by atomic mass is 16.4. The van der Waals surface area contributed by atoms with Gasteiger partial charge in [-0.15, -0.1) is 0 Å². The van der Waals surface area contributed by atoms with Crippen molar-refractivity contribution in [1.29, 1.82) is 0 Å². The molecule has 334 valence electrons. The normalized spacial score (nSPS) is 16.7. The van der Waals surface area contributed by atoms with E-state index in [1.807, 2.05) is 74.5 Å². The van der Waals surface area contributed by atoms with Gasteiger partial charge in [0.2, 0.25) is 23.6 Å². The number of unbranched alkanes of at least 4 members (excludes halogenated alkanes) is 1. The van der Waals surface area contributed by atoms with Crippen LogP contribution in [0.15, 0.2) is 60.7 Å². The van der Waals surface area contributed by atoms with Crippen LogP contribution in [0.2, 0.25) is 0 Å². The van der Waals surface area contributed by atoms with E-state index in [4.69, 9.17) is 5.73 Å². The molecule has 8 amide bonds. The lowest BCUT2D eigenvalue weighted by Gasteiger charge is -2.35. The molecule has 0 spiro atoms. The van der Waals surface area contributed by atoms with Gasteiger partial charge in [0.1, 0.15) is 18.1 Å². The highest BCUT2D eigenvalue weighted by Gasteiger charge is 2.34. The lowest BCUT2D eigenvalue weighted by molar-refractivity contribution is -0.143. The Morgan fingerprint density at radius 3 is 1.82 bits per heavy atom. The standard InChI is InChI=1S/C44H65N9O8/c1-29(2)26-36(51-40(56)37(28-31-14-8-5-9-15-31)50-38(54)34(45)27-30-12-6-4-7-13-30)39(55)49-35(41(57)52-24-19-33(20-25-52)48-43(60)46-3)16-10-11-21-47-44(61)53-22-17-32(18-23-53)42(58)59/h4-9,12-15,29,32-37H,10-11,16-28,45H2,1-3H3,(H,47,61)(H,49,55)(H,50,54)(H,51,56)(H,58,59)(H2,46,48,60)/t34-,35-,36-,37-/m1/s1. The molecule has 2 heterocycles. The van der Waals surface area contributed by atoms with E-state index in [1.165, 1.54) is 7.05 Å². The summed E-state index contributed by atoms with van der Waals surface area (Å²) in [6, 6.07) is 13.9. The zero-order valence-corrected chi connectivity index (χ0v) is 35.7. The number of nitrogens with zero attached hydrogens (tertiary/aromatic N) is 2. The van der Waals surface area contributed by atoms with Crippen LogP contribution in [0.1, 0.15) is 76.3 Å². The Morgan fingerprint density at radius 2 is 1.25 bits per heavy atom. The van der Waals surface area contributed by atoms with E-state index >= 15 is 0 Å². The highest BCUT2D eigenvalue weighted by Crippen LogP contribution is 2.18. The molecule has 61 heavy (non-hydrogen) atoms. The van der Waals surface area contributed by atoms with Crippen LogP contribution in [0.5, 0.6) is 0 Å². The average molecular weight is 848 g/mol. The van der Waals surface area contributed by atoms with Crippen molar-refractivity contribution >= 4 is 41.7 Å². The van der Waals surface area contributed by atoms with Gasteiger partial charge in [0.15, 0.2) is 0 Å². The van der Waals surface area contributed by atoms with Gasteiger partial charge in [0, 0.05) is 52.2 Å². The molecule has 4 rings (SSSR count). The van der Waals surface area contributed by atoms with E-state index < -0.39 is 53.8 Å². The minimum Gasteiger partial charge on any atom is -0.481 e. The number of nitrogens with one attached hydrogen (secondary N) is 6. The molecular formula is C44H65N9O8. The molecule has 2 saturated heterocycles. The predicted octanol–water partition coefficient (Wildman–Crippen LogP) is 1.90. The Bertz CT molecular complexity index is 1750. The minimum absolute atomic E-state index is 0.0305. The van der Waals surface area contributed by atoms with Crippen LogP contribution in [0.25, 0.3) is 0 Å². The van der Waals surface area contributed by atoms with E-state index in [-0.39, 0.29) is 55.6 Å². The van der Waals surface area contributed by atoms with Crippen molar-refractivity contribution in [2.75, 3.05) is 39.8 Å². The summed E-state index contributed by atoms with van der Waals surface area (Å²) >= 11 is 0. The van der Waals surface area contributed by atoms with Gasteiger partial charge < -0.3 is 52.5 Å². The Kier molecular flexibility index (Phi) is 19.3. The number of benzene rings is 2. The van der Waals surface area contributed by atoms with Gasteiger partial charge in [-0.1, -0.05) is 74.5 Å². The van der Waals surface area contributed by atoms with Crippen molar-refractivity contribution in [3.8, 4) is 0 Å². The topological polar surface area (TPSA) is 244 Å². The number of rotatable bonds is 20. The lowest BCUT2D eigenvalue weighted by Crippen LogP contribution is -2.59. The highest BCUT2D eigenvalue weighted by molar-refractivity contribution is 5.95. The fourth-order valence-corrected chi connectivity index (χ4v) is 7.64. The number of piperidine rings is 2. The molecular weight excluding hydrogens is 783 g/mol. The first kappa shape index (κ1) is 48.0. The molecule has 0 unspecified atom stereocenters. The molecule has 2 fully saturated rings. The fraction of sp³-hybridized carbons (Fsp3) is 0.568. The van der Waals surface area contributed by atoms with Crippen molar-refractivity contribution in [2.24, 2.45) is 17.6 Å². The van der Waals surface area contributed by atoms with Gasteiger partial charge >= 0.3 is 18.0 Å². The number of hydrogen-bond acceptors (Lipinski definition) is 8. The molecule has 2 aliphatic rings. The molecule has 0 radical (unpaired) electrons. The first-order chi connectivity index (χ1) is 29.2. The van der Waals surface area contributed by atoms with Crippen LogP contribution < -0.4 is 37.6 Å². The molecule has 17 nitrogen and oxygen atoms in total. The van der Waals surface area contributed by atoms with Crippen molar-refractivity contribution in [3.63, 3.8) is 0 Å². The Hall–Kier alpha value is -5.71. The maximum absolute atomic E-state index is 14.2. The van der Waals surface area contributed by atoms with Crippen molar-refractivity contribution in [2.45, 2.75) is 108 Å². The smallest absolute Gasteiger partial charge is 0.317 e. The van der Waals surface area contributed by atoms with Gasteiger partial charge in [0.25, 0.3) is 0 Å². The summed E-state index contributed by atoms with van der Waals surface area (Å²) in [6.45, 7) is 5.60. The van der Waals surface area contributed by atoms with Crippen LogP contribution in [0, 0.1) is 11.8 Å². The lowest BCUT2D eigenvalue weighted by atomic mass is 9.97. The number of nitrogens with two attached hydrogens (primary N) is 1. The van der Waals surface area contributed by atoms with Gasteiger partial charge in [-0.2, -0.15) is 0 Å². The third kappa shape index (κ3) is 16.0. The van der Waals surface area contributed by atoms with Crippen molar-refractivity contribution < 1.29 is 38.7 Å². The third-order valence-corrected chi connectivity index (χ3v) is 11.2. The van der Waals surface area contributed by atoms with Crippen LogP contribution in [0.4, 0.5) is 9.59 Å². The zero-order chi connectivity index (χ0) is 44.3. The van der Waals surface area contributed by atoms with E-state index in [1.54, 1.807) is 9.80 Å². The maximum atomic E-state index is 14.2. The Balaban J connectivity index is 1.44. The summed E-state index contributed by atoms with van der Waals surface area (Å²) < 4.78 is 0. The molecule has 0 aliphatic carbocycles. The van der Waals surface area contributed by atoms with E-state index in [9.17, 15) is 38.7 Å². The summed E-state index contributed by atoms with van der Waals surface area (Å²) in [6.07, 6.45) is 3.77. The van der Waals surface area contributed by atoms with Gasteiger partial charge in [0.05, 0.1) is 12.0 Å². The molecule has 0 bridgehead atoms. The predicted molar refractivity (Wildman–Crippen MR) is 230 cm³/mol. The number of carbonyl (C=O) groups is 7. The Morgan fingerprint density at radius 1 is 0.705 bits per heavy atom. The van der Waals surface area contributed by atoms with E-state index in [2.05, 4.69) is 31.9 Å². The average Bonchev–Trinajstić information content (AvgIpc) is 3.25. The number of urea groups is 2. The second-order valence-electron chi connectivity index (χ2n) is 16.4. The van der Waals surface area contributed by atoms with Crippen LogP contribution >= 0.6 is 0 Å². The quantitative estimate of drug-likeness (QED) is 0.0907. The maximum Gasteiger partial charge on any atom is 0.317 e. The molecule has 4 atom stereocenters. The number of carboxylic acids is 1. The number of hydrogen-bond donors (Lipinski definition) is 8. The van der Waals surface area contributed by atoms with Crippen LogP contribution in [-0.2, 0) is 36.8 Å². The van der Waals surface area contributed by atoms with E-state index in [0.29, 0.717) is 71.2 Å². The number of carboxylic acid groups (broad SMARTS) is 1. The summed E-state index contributed by atoms with van der Waals surface area (Å²) in [7, 11) is 1.54. The molecule has 0 aromatic heterocycles. The third-order valence-electron chi connectivity index (χ3n) is 11.2.